The molecule has 18 heavy (non-hydrogen) atoms. The second-order valence-corrected chi connectivity index (χ2v) is 4.97. The number of benzene rings is 1. The summed E-state index contributed by atoms with van der Waals surface area (Å²) < 4.78 is 15.1. The molecule has 1 unspecified atom stereocenters. The second kappa shape index (κ2) is 4.53. The number of aryl methyl sites for hydroxylation is 1. The van der Waals surface area contributed by atoms with Crippen molar-refractivity contribution in [2.24, 2.45) is 12.8 Å². The number of halogens is 1. The predicted octanol–water partition coefficient (Wildman–Crippen LogP) is 2.28. The summed E-state index contributed by atoms with van der Waals surface area (Å²) in [6.07, 6.45) is 2.36. The summed E-state index contributed by atoms with van der Waals surface area (Å²) >= 11 is 0. The van der Waals surface area contributed by atoms with Gasteiger partial charge in [-0.15, -0.1) is 0 Å². The number of nitrogens with zero attached hydrogens (tertiary/aromatic N) is 2. The highest BCUT2D eigenvalue weighted by molar-refractivity contribution is 5.23. The van der Waals surface area contributed by atoms with E-state index >= 15 is 0 Å². The van der Waals surface area contributed by atoms with Gasteiger partial charge in [-0.2, -0.15) is 0 Å². The van der Waals surface area contributed by atoms with E-state index in [1.54, 1.807) is 12.3 Å². The summed E-state index contributed by atoms with van der Waals surface area (Å²) in [5.74, 6) is 0.686. The molecule has 2 aromatic rings. The van der Waals surface area contributed by atoms with Gasteiger partial charge in [0.15, 0.2) is 0 Å². The molecule has 0 aliphatic rings. The van der Waals surface area contributed by atoms with Gasteiger partial charge < -0.3 is 10.3 Å². The van der Waals surface area contributed by atoms with Gasteiger partial charge in [0.1, 0.15) is 11.6 Å². The zero-order chi connectivity index (χ0) is 13.3. The largest absolute Gasteiger partial charge is 0.334 e. The molecule has 2 N–H and O–H groups in total. The van der Waals surface area contributed by atoms with Crippen molar-refractivity contribution < 1.29 is 4.39 Å². The lowest BCUT2D eigenvalue weighted by atomic mass is 9.91. The van der Waals surface area contributed by atoms with Gasteiger partial charge >= 0.3 is 0 Å². The van der Waals surface area contributed by atoms with Crippen LogP contribution in [0.2, 0.25) is 0 Å². The van der Waals surface area contributed by atoms with Crippen LogP contribution in [0.15, 0.2) is 30.5 Å². The minimum atomic E-state index is -0.566. The molecule has 0 amide bonds. The lowest BCUT2D eigenvalue weighted by Gasteiger charge is -2.25. The second-order valence-electron chi connectivity index (χ2n) is 4.97. The van der Waals surface area contributed by atoms with Crippen molar-refractivity contribution in [2.75, 3.05) is 0 Å². The zero-order valence-electron chi connectivity index (χ0n) is 10.9. The number of nitrogens with two attached hydrogens (primary N) is 1. The molecular weight excluding hydrogens is 229 g/mol. The lowest BCUT2D eigenvalue weighted by Crippen LogP contribution is -2.37. The lowest BCUT2D eigenvalue weighted by molar-refractivity contribution is 0.456. The molecule has 3 nitrogen and oxygen atoms in total. The van der Waals surface area contributed by atoms with Crippen LogP contribution in [-0.2, 0) is 19.0 Å². The molecule has 0 saturated carbocycles. The van der Waals surface area contributed by atoms with E-state index in [9.17, 15) is 4.39 Å². The first-order chi connectivity index (χ1) is 8.40. The van der Waals surface area contributed by atoms with Crippen molar-refractivity contribution >= 4 is 0 Å². The van der Waals surface area contributed by atoms with Crippen molar-refractivity contribution in [1.82, 2.24) is 9.55 Å². The summed E-state index contributed by atoms with van der Waals surface area (Å²) in [5, 5.41) is 0. The van der Waals surface area contributed by atoms with Gasteiger partial charge in [0.05, 0.1) is 17.4 Å². The van der Waals surface area contributed by atoms with E-state index in [4.69, 9.17) is 5.73 Å². The zero-order valence-corrected chi connectivity index (χ0v) is 10.9. The molecule has 2 rings (SSSR count). The Morgan fingerprint density at radius 1 is 1.44 bits per heavy atom. The highest BCUT2D eigenvalue weighted by Gasteiger charge is 2.25. The Balaban J connectivity index is 2.29. The Labute approximate surface area is 106 Å². The fraction of sp³-hybridized carbons (Fsp3) is 0.357. The van der Waals surface area contributed by atoms with Gasteiger partial charge in [-0.1, -0.05) is 12.1 Å². The van der Waals surface area contributed by atoms with Crippen molar-refractivity contribution in [1.29, 1.82) is 0 Å². The Morgan fingerprint density at radius 2 is 2.17 bits per heavy atom. The van der Waals surface area contributed by atoms with Crippen LogP contribution in [0, 0.1) is 12.7 Å². The van der Waals surface area contributed by atoms with Gasteiger partial charge in [-0.25, -0.2) is 9.37 Å². The molecule has 1 aromatic heterocycles. The normalized spacial score (nSPS) is 14.5. The SMILES string of the molecule is Cc1ncc(C(C)(N)Cc2cccc(F)c2)n1C. The molecule has 1 aromatic carbocycles. The molecule has 0 spiro atoms. The van der Waals surface area contributed by atoms with Crippen LogP contribution < -0.4 is 5.73 Å². The standard InChI is InChI=1S/C14H18FN3/c1-10-17-9-13(18(10)3)14(2,16)8-11-5-4-6-12(15)7-11/h4-7,9H,8,16H2,1-3H3. The topological polar surface area (TPSA) is 43.8 Å². The smallest absolute Gasteiger partial charge is 0.123 e. The minimum absolute atomic E-state index is 0.232. The summed E-state index contributed by atoms with van der Waals surface area (Å²) in [5.41, 5.74) is 7.62. The van der Waals surface area contributed by atoms with Gasteiger partial charge in [0.25, 0.3) is 0 Å². The molecule has 96 valence electrons. The molecule has 0 radical (unpaired) electrons. The van der Waals surface area contributed by atoms with Crippen molar-refractivity contribution in [3.63, 3.8) is 0 Å². The van der Waals surface area contributed by atoms with E-state index in [2.05, 4.69) is 4.98 Å². The average Bonchev–Trinajstić information content (AvgIpc) is 2.59. The fourth-order valence-corrected chi connectivity index (χ4v) is 2.19. The Kier molecular flexibility index (Phi) is 3.22. The number of imidazole rings is 1. The molecule has 4 heteroatoms. The highest BCUT2D eigenvalue weighted by Crippen LogP contribution is 2.23. The molecule has 1 atom stereocenters. The molecule has 0 bridgehead atoms. The predicted molar refractivity (Wildman–Crippen MR) is 69.6 cm³/mol. The summed E-state index contributed by atoms with van der Waals surface area (Å²) in [6, 6.07) is 6.55. The Bertz CT molecular complexity index is 558. The third-order valence-corrected chi connectivity index (χ3v) is 3.27. The maximum atomic E-state index is 13.2. The molecule has 0 saturated heterocycles. The van der Waals surface area contributed by atoms with Crippen molar-refractivity contribution in [2.45, 2.75) is 25.8 Å². The number of rotatable bonds is 3. The van der Waals surface area contributed by atoms with E-state index in [-0.39, 0.29) is 5.82 Å². The highest BCUT2D eigenvalue weighted by atomic mass is 19.1. The first kappa shape index (κ1) is 12.8. The summed E-state index contributed by atoms with van der Waals surface area (Å²) in [4.78, 5) is 4.25. The van der Waals surface area contributed by atoms with E-state index in [1.165, 1.54) is 12.1 Å². The van der Waals surface area contributed by atoms with E-state index < -0.39 is 5.54 Å². The van der Waals surface area contributed by atoms with Gasteiger partial charge in [0.2, 0.25) is 0 Å². The van der Waals surface area contributed by atoms with Crippen LogP contribution in [0.4, 0.5) is 4.39 Å². The quantitative estimate of drug-likeness (QED) is 0.904. The maximum Gasteiger partial charge on any atom is 0.123 e. The van der Waals surface area contributed by atoms with Gasteiger partial charge in [-0.3, -0.25) is 0 Å². The first-order valence-corrected chi connectivity index (χ1v) is 5.92. The summed E-state index contributed by atoms with van der Waals surface area (Å²) in [7, 11) is 1.94. The molecule has 0 aliphatic carbocycles. The van der Waals surface area contributed by atoms with Crippen molar-refractivity contribution in [3.8, 4) is 0 Å². The molecule has 0 fully saturated rings. The molecular formula is C14H18FN3. The Morgan fingerprint density at radius 3 is 2.72 bits per heavy atom. The molecule has 1 heterocycles. The number of hydrogen-bond donors (Lipinski definition) is 1. The van der Waals surface area contributed by atoms with Crippen LogP contribution in [-0.4, -0.2) is 9.55 Å². The van der Waals surface area contributed by atoms with Gasteiger partial charge in [-0.05, 0) is 38.0 Å². The number of hydrogen-bond acceptors (Lipinski definition) is 2. The van der Waals surface area contributed by atoms with E-state index in [1.807, 2.05) is 31.5 Å². The van der Waals surface area contributed by atoms with Gasteiger partial charge in [0, 0.05) is 7.05 Å². The fourth-order valence-electron chi connectivity index (χ4n) is 2.19. The first-order valence-electron chi connectivity index (χ1n) is 5.92. The van der Waals surface area contributed by atoms with E-state index in [0.717, 1.165) is 17.1 Å². The van der Waals surface area contributed by atoms with Crippen LogP contribution in [0.25, 0.3) is 0 Å². The molecule has 0 aliphatic heterocycles. The summed E-state index contributed by atoms with van der Waals surface area (Å²) in [6.45, 7) is 3.87. The van der Waals surface area contributed by atoms with Crippen LogP contribution in [0.5, 0.6) is 0 Å². The average molecular weight is 247 g/mol. The third-order valence-electron chi connectivity index (χ3n) is 3.27. The van der Waals surface area contributed by atoms with Crippen molar-refractivity contribution in [3.05, 3.63) is 53.4 Å². The van der Waals surface area contributed by atoms with Crippen LogP contribution in [0.1, 0.15) is 24.0 Å². The minimum Gasteiger partial charge on any atom is -0.334 e. The maximum absolute atomic E-state index is 13.2. The monoisotopic (exact) mass is 247 g/mol. The van der Waals surface area contributed by atoms with E-state index in [0.29, 0.717) is 6.42 Å². The number of aromatic nitrogens is 2. The van der Waals surface area contributed by atoms with Crippen LogP contribution in [0.3, 0.4) is 0 Å². The Hall–Kier alpha value is -1.68. The van der Waals surface area contributed by atoms with Crippen LogP contribution >= 0.6 is 0 Å². The third kappa shape index (κ3) is 2.43.